The molecule has 1 heteroatoms. The zero-order chi connectivity index (χ0) is 11.9. The molecule has 1 heterocycles. The molecule has 0 aliphatic heterocycles. The van der Waals surface area contributed by atoms with E-state index in [2.05, 4.69) is 59.6 Å². The first-order valence-electron chi connectivity index (χ1n) is 6.09. The summed E-state index contributed by atoms with van der Waals surface area (Å²) < 4.78 is 0. The Bertz CT molecular complexity index is 803. The van der Waals surface area contributed by atoms with E-state index in [0.717, 1.165) is 5.52 Å². The van der Waals surface area contributed by atoms with E-state index in [1.165, 1.54) is 26.9 Å². The number of benzene rings is 3. The van der Waals surface area contributed by atoms with Gasteiger partial charge in [0.2, 0.25) is 0 Å². The standard InChI is InChI=1S/C17H11N/c1-2-6-13-12(5-1)9-10-14-15-7-3-4-8-17(15)18-11-16(13)14/h1-11H. The van der Waals surface area contributed by atoms with Gasteiger partial charge in [0, 0.05) is 17.0 Å². The Kier molecular flexibility index (Phi) is 1.89. The number of aromatic nitrogens is 1. The Labute approximate surface area is 105 Å². The van der Waals surface area contributed by atoms with Crippen LogP contribution >= 0.6 is 0 Å². The first-order chi connectivity index (χ1) is 8.93. The average molecular weight is 229 g/mol. The lowest BCUT2D eigenvalue weighted by Gasteiger charge is -2.06. The Morgan fingerprint density at radius 3 is 2.28 bits per heavy atom. The number of pyridine rings is 1. The van der Waals surface area contributed by atoms with E-state index < -0.39 is 0 Å². The van der Waals surface area contributed by atoms with Crippen molar-refractivity contribution in [3.05, 3.63) is 66.9 Å². The van der Waals surface area contributed by atoms with Crippen molar-refractivity contribution in [2.24, 2.45) is 0 Å². The molecule has 0 amide bonds. The second kappa shape index (κ2) is 3.54. The second-order valence-corrected chi connectivity index (χ2v) is 4.52. The Hall–Kier alpha value is -2.41. The van der Waals surface area contributed by atoms with Gasteiger partial charge in [0.25, 0.3) is 0 Å². The minimum atomic E-state index is 1.06. The number of hydrogen-bond donors (Lipinski definition) is 0. The van der Waals surface area contributed by atoms with Crippen molar-refractivity contribution in [3.8, 4) is 0 Å². The summed E-state index contributed by atoms with van der Waals surface area (Å²) in [5.41, 5.74) is 1.06. The smallest absolute Gasteiger partial charge is 0.0708 e. The highest BCUT2D eigenvalue weighted by atomic mass is 14.6. The van der Waals surface area contributed by atoms with Crippen LogP contribution in [0.25, 0.3) is 32.4 Å². The number of nitrogens with zero attached hydrogens (tertiary/aromatic N) is 1. The molecule has 0 saturated heterocycles. The van der Waals surface area contributed by atoms with E-state index in [1.54, 1.807) is 0 Å². The number of fused-ring (bicyclic) bond motifs is 5. The summed E-state index contributed by atoms with van der Waals surface area (Å²) in [5, 5.41) is 6.27. The summed E-state index contributed by atoms with van der Waals surface area (Å²) in [6, 6.07) is 21.1. The molecule has 0 aliphatic rings. The van der Waals surface area contributed by atoms with E-state index in [9.17, 15) is 0 Å². The van der Waals surface area contributed by atoms with Crippen LogP contribution in [0.1, 0.15) is 0 Å². The molecule has 0 N–H and O–H groups in total. The lowest BCUT2D eigenvalue weighted by molar-refractivity contribution is 1.45. The van der Waals surface area contributed by atoms with Gasteiger partial charge in [-0.2, -0.15) is 0 Å². The average Bonchev–Trinajstić information content (AvgIpc) is 2.46. The van der Waals surface area contributed by atoms with Gasteiger partial charge in [0.15, 0.2) is 0 Å². The predicted octanol–water partition coefficient (Wildman–Crippen LogP) is 4.54. The van der Waals surface area contributed by atoms with Crippen LogP contribution in [0.5, 0.6) is 0 Å². The van der Waals surface area contributed by atoms with E-state index in [1.807, 2.05) is 12.3 Å². The maximum atomic E-state index is 4.56. The molecule has 0 radical (unpaired) electrons. The van der Waals surface area contributed by atoms with Crippen molar-refractivity contribution in [2.45, 2.75) is 0 Å². The third-order valence-corrected chi connectivity index (χ3v) is 3.50. The molecule has 0 unspecified atom stereocenters. The number of para-hydroxylation sites is 1. The summed E-state index contributed by atoms with van der Waals surface area (Å²) in [4.78, 5) is 4.56. The summed E-state index contributed by atoms with van der Waals surface area (Å²) >= 11 is 0. The fourth-order valence-corrected chi connectivity index (χ4v) is 2.62. The van der Waals surface area contributed by atoms with Crippen LogP contribution in [0.15, 0.2) is 66.9 Å². The second-order valence-electron chi connectivity index (χ2n) is 4.52. The molecule has 0 saturated carbocycles. The summed E-state index contributed by atoms with van der Waals surface area (Å²) in [6.07, 6.45) is 1.99. The van der Waals surface area contributed by atoms with Crippen LogP contribution in [0.3, 0.4) is 0 Å². The van der Waals surface area contributed by atoms with E-state index in [0.29, 0.717) is 0 Å². The fraction of sp³-hybridized carbons (Fsp3) is 0. The number of hydrogen-bond acceptors (Lipinski definition) is 1. The molecule has 3 aromatic carbocycles. The van der Waals surface area contributed by atoms with Gasteiger partial charge in [-0.1, -0.05) is 54.6 Å². The summed E-state index contributed by atoms with van der Waals surface area (Å²) in [6.45, 7) is 0. The van der Waals surface area contributed by atoms with Gasteiger partial charge in [-0.05, 0) is 22.2 Å². The van der Waals surface area contributed by atoms with Gasteiger partial charge in [0.05, 0.1) is 5.52 Å². The molecule has 1 aromatic heterocycles. The number of rotatable bonds is 0. The lowest BCUT2D eigenvalue weighted by atomic mass is 10.0. The van der Waals surface area contributed by atoms with Crippen LogP contribution < -0.4 is 0 Å². The molecule has 18 heavy (non-hydrogen) atoms. The highest BCUT2D eigenvalue weighted by Gasteiger charge is 2.04. The monoisotopic (exact) mass is 229 g/mol. The summed E-state index contributed by atoms with van der Waals surface area (Å²) in [5.74, 6) is 0. The molecular weight excluding hydrogens is 218 g/mol. The third-order valence-electron chi connectivity index (χ3n) is 3.50. The maximum absolute atomic E-state index is 4.56. The van der Waals surface area contributed by atoms with Crippen LogP contribution in [0.4, 0.5) is 0 Å². The molecule has 0 aliphatic carbocycles. The highest BCUT2D eigenvalue weighted by Crippen LogP contribution is 2.29. The Morgan fingerprint density at radius 2 is 1.33 bits per heavy atom. The predicted molar refractivity (Wildman–Crippen MR) is 76.8 cm³/mol. The van der Waals surface area contributed by atoms with Crippen LogP contribution in [0, 0.1) is 0 Å². The molecule has 0 bridgehead atoms. The first kappa shape index (κ1) is 9.60. The minimum Gasteiger partial charge on any atom is -0.256 e. The van der Waals surface area contributed by atoms with Crippen molar-refractivity contribution in [2.75, 3.05) is 0 Å². The molecule has 0 spiro atoms. The zero-order valence-corrected chi connectivity index (χ0v) is 9.80. The molecule has 0 fully saturated rings. The van der Waals surface area contributed by atoms with Crippen molar-refractivity contribution in [1.82, 2.24) is 4.98 Å². The molecule has 4 rings (SSSR count). The van der Waals surface area contributed by atoms with Gasteiger partial charge in [-0.3, -0.25) is 4.98 Å². The summed E-state index contributed by atoms with van der Waals surface area (Å²) in [7, 11) is 0. The molecule has 84 valence electrons. The molecule has 4 aromatic rings. The van der Waals surface area contributed by atoms with Crippen molar-refractivity contribution < 1.29 is 0 Å². The molecular formula is C17H11N. The normalized spacial score (nSPS) is 11.3. The van der Waals surface area contributed by atoms with Crippen molar-refractivity contribution >= 4 is 32.4 Å². The topological polar surface area (TPSA) is 12.9 Å². The van der Waals surface area contributed by atoms with E-state index >= 15 is 0 Å². The van der Waals surface area contributed by atoms with Crippen LogP contribution in [-0.4, -0.2) is 4.98 Å². The van der Waals surface area contributed by atoms with Gasteiger partial charge in [0.1, 0.15) is 0 Å². The molecule has 1 nitrogen and oxygen atoms in total. The zero-order valence-electron chi connectivity index (χ0n) is 9.80. The van der Waals surface area contributed by atoms with Gasteiger partial charge >= 0.3 is 0 Å². The Balaban J connectivity index is 2.31. The van der Waals surface area contributed by atoms with Crippen molar-refractivity contribution in [3.63, 3.8) is 0 Å². The van der Waals surface area contributed by atoms with Crippen LogP contribution in [-0.2, 0) is 0 Å². The minimum absolute atomic E-state index is 1.06. The van der Waals surface area contributed by atoms with Crippen LogP contribution in [0.2, 0.25) is 0 Å². The van der Waals surface area contributed by atoms with Gasteiger partial charge < -0.3 is 0 Å². The van der Waals surface area contributed by atoms with Crippen molar-refractivity contribution in [1.29, 1.82) is 0 Å². The molecule has 0 atom stereocenters. The lowest BCUT2D eigenvalue weighted by Crippen LogP contribution is -1.83. The first-order valence-corrected chi connectivity index (χ1v) is 6.09. The quantitative estimate of drug-likeness (QED) is 0.403. The van der Waals surface area contributed by atoms with Gasteiger partial charge in [-0.25, -0.2) is 0 Å². The highest BCUT2D eigenvalue weighted by molar-refractivity contribution is 6.15. The SMILES string of the molecule is c1ccc2c(c1)ccc1c3ccccc3ncc21. The van der Waals surface area contributed by atoms with Gasteiger partial charge in [-0.15, -0.1) is 0 Å². The van der Waals surface area contributed by atoms with E-state index in [4.69, 9.17) is 0 Å². The largest absolute Gasteiger partial charge is 0.256 e. The third kappa shape index (κ3) is 1.25. The maximum Gasteiger partial charge on any atom is 0.0708 e. The van der Waals surface area contributed by atoms with E-state index in [-0.39, 0.29) is 0 Å². The Morgan fingerprint density at radius 1 is 0.556 bits per heavy atom. The fourth-order valence-electron chi connectivity index (χ4n) is 2.62.